The Morgan fingerprint density at radius 2 is 1.97 bits per heavy atom. The van der Waals surface area contributed by atoms with Gasteiger partial charge in [-0.15, -0.1) is 10.2 Å². The highest BCUT2D eigenvalue weighted by atomic mass is 127. The quantitative estimate of drug-likeness (QED) is 0.426. The Kier molecular flexibility index (Phi) is 6.95. The molecule has 1 atom stereocenters. The number of halogens is 1. The SMILES string of the molecule is COc1cc(C#N)ccc1Oc1nnc(I)c(C)c1C(=O)Nc1cccc(S(C)(=N)=O)c1. The van der Waals surface area contributed by atoms with E-state index in [2.05, 4.69) is 15.5 Å². The number of carbonyl (C=O) groups excluding carboxylic acids is 1. The zero-order valence-corrected chi connectivity index (χ0v) is 20.3. The van der Waals surface area contributed by atoms with Gasteiger partial charge in [0, 0.05) is 28.5 Å². The molecule has 0 radical (unpaired) electrons. The molecule has 1 amide bonds. The molecule has 3 aromatic rings. The lowest BCUT2D eigenvalue weighted by Crippen LogP contribution is -2.17. The van der Waals surface area contributed by atoms with Crippen LogP contribution in [0.2, 0.25) is 0 Å². The highest BCUT2D eigenvalue weighted by Crippen LogP contribution is 2.34. The maximum atomic E-state index is 13.2. The Morgan fingerprint density at radius 1 is 1.22 bits per heavy atom. The number of ether oxygens (including phenoxy) is 2. The molecule has 9 nitrogen and oxygen atoms in total. The third kappa shape index (κ3) is 5.14. The first kappa shape index (κ1) is 23.4. The molecule has 0 aliphatic rings. The smallest absolute Gasteiger partial charge is 0.261 e. The van der Waals surface area contributed by atoms with Gasteiger partial charge in [0.15, 0.2) is 11.5 Å². The number of carbonyl (C=O) groups is 1. The Bertz CT molecular complexity index is 1350. The number of benzene rings is 2. The highest BCUT2D eigenvalue weighted by molar-refractivity contribution is 14.1. The molecule has 0 spiro atoms. The van der Waals surface area contributed by atoms with Crippen molar-refractivity contribution in [3.63, 3.8) is 0 Å². The van der Waals surface area contributed by atoms with Crippen LogP contribution in [-0.4, -0.2) is 33.7 Å². The van der Waals surface area contributed by atoms with Crippen LogP contribution >= 0.6 is 22.6 Å². The number of rotatable bonds is 6. The van der Waals surface area contributed by atoms with E-state index < -0.39 is 15.6 Å². The summed E-state index contributed by atoms with van der Waals surface area (Å²) < 4.78 is 31.4. The summed E-state index contributed by atoms with van der Waals surface area (Å²) in [4.78, 5) is 13.5. The van der Waals surface area contributed by atoms with Crippen molar-refractivity contribution in [3.8, 4) is 23.4 Å². The summed E-state index contributed by atoms with van der Waals surface area (Å²) in [6, 6.07) is 12.9. The molecule has 0 aliphatic heterocycles. The van der Waals surface area contributed by atoms with Gasteiger partial charge in [0.25, 0.3) is 11.8 Å². The molecule has 2 aromatic carbocycles. The fourth-order valence-corrected chi connectivity index (χ4v) is 3.82. The predicted octanol–water partition coefficient (Wildman–Crippen LogP) is 4.35. The van der Waals surface area contributed by atoms with Crippen molar-refractivity contribution in [1.82, 2.24) is 10.2 Å². The number of methoxy groups -OCH3 is 1. The van der Waals surface area contributed by atoms with Crippen LogP contribution in [0.5, 0.6) is 17.4 Å². The van der Waals surface area contributed by atoms with Crippen LogP contribution in [-0.2, 0) is 9.73 Å². The van der Waals surface area contributed by atoms with E-state index in [1.54, 1.807) is 37.3 Å². The summed E-state index contributed by atoms with van der Waals surface area (Å²) in [5, 5.41) is 19.9. The third-order valence-electron chi connectivity index (χ3n) is 4.40. The first-order chi connectivity index (χ1) is 15.1. The van der Waals surface area contributed by atoms with Crippen LogP contribution in [0.4, 0.5) is 5.69 Å². The number of nitrogens with one attached hydrogen (secondary N) is 2. The maximum Gasteiger partial charge on any atom is 0.261 e. The van der Waals surface area contributed by atoms with E-state index in [0.29, 0.717) is 31.2 Å². The molecule has 1 heterocycles. The van der Waals surface area contributed by atoms with Gasteiger partial charge in [-0.25, -0.2) is 8.99 Å². The van der Waals surface area contributed by atoms with E-state index in [1.807, 2.05) is 28.7 Å². The van der Waals surface area contributed by atoms with E-state index in [4.69, 9.17) is 19.5 Å². The number of nitriles is 1. The van der Waals surface area contributed by atoms with Crippen molar-refractivity contribution in [2.24, 2.45) is 0 Å². The summed E-state index contributed by atoms with van der Waals surface area (Å²) in [6.45, 7) is 1.72. The minimum absolute atomic E-state index is 0.0423. The van der Waals surface area contributed by atoms with Crippen LogP contribution < -0.4 is 14.8 Å². The van der Waals surface area contributed by atoms with Gasteiger partial charge >= 0.3 is 0 Å². The first-order valence-electron chi connectivity index (χ1n) is 9.08. The van der Waals surface area contributed by atoms with Crippen LogP contribution in [0.3, 0.4) is 0 Å². The third-order valence-corrected chi connectivity index (χ3v) is 6.57. The molecule has 11 heteroatoms. The summed E-state index contributed by atoms with van der Waals surface area (Å²) in [6.07, 6.45) is 1.31. The predicted molar refractivity (Wildman–Crippen MR) is 127 cm³/mol. The zero-order valence-electron chi connectivity index (χ0n) is 17.3. The molecule has 3 rings (SSSR count). The second kappa shape index (κ2) is 9.49. The normalized spacial score (nSPS) is 12.3. The van der Waals surface area contributed by atoms with Gasteiger partial charge in [0.2, 0.25) is 0 Å². The van der Waals surface area contributed by atoms with Crippen molar-refractivity contribution in [2.45, 2.75) is 11.8 Å². The van der Waals surface area contributed by atoms with Gasteiger partial charge in [0.1, 0.15) is 9.26 Å². The molecule has 1 unspecified atom stereocenters. The summed E-state index contributed by atoms with van der Waals surface area (Å²) in [7, 11) is -1.50. The van der Waals surface area contributed by atoms with Crippen LogP contribution in [0, 0.1) is 26.7 Å². The maximum absolute atomic E-state index is 13.2. The average Bonchev–Trinajstić information content (AvgIpc) is 2.76. The fraction of sp³-hybridized carbons (Fsp3) is 0.143. The Labute approximate surface area is 198 Å². The minimum atomic E-state index is -2.94. The summed E-state index contributed by atoms with van der Waals surface area (Å²) in [5.41, 5.74) is 1.47. The lowest BCUT2D eigenvalue weighted by Gasteiger charge is -2.15. The van der Waals surface area contributed by atoms with E-state index >= 15 is 0 Å². The molecule has 0 saturated carbocycles. The second-order valence-corrected chi connectivity index (χ2v) is 9.88. The fourth-order valence-electron chi connectivity index (χ4n) is 2.75. The number of anilines is 1. The van der Waals surface area contributed by atoms with Crippen LogP contribution in [0.15, 0.2) is 47.4 Å². The van der Waals surface area contributed by atoms with Gasteiger partial charge in [0.05, 0.1) is 28.5 Å². The molecule has 0 saturated heterocycles. The Balaban J connectivity index is 2.00. The Morgan fingerprint density at radius 3 is 2.62 bits per heavy atom. The van der Waals surface area contributed by atoms with Crippen molar-refractivity contribution < 1.29 is 18.5 Å². The lowest BCUT2D eigenvalue weighted by molar-refractivity contribution is 0.102. The summed E-state index contributed by atoms with van der Waals surface area (Å²) >= 11 is 1.97. The van der Waals surface area contributed by atoms with Gasteiger partial charge in [-0.05, 0) is 59.8 Å². The Hall–Kier alpha value is -3.24. The van der Waals surface area contributed by atoms with Gasteiger partial charge in [-0.2, -0.15) is 5.26 Å². The molecule has 1 aromatic heterocycles. The monoisotopic (exact) mass is 563 g/mol. The van der Waals surface area contributed by atoms with Gasteiger partial charge in [-0.3, -0.25) is 4.79 Å². The lowest BCUT2D eigenvalue weighted by atomic mass is 10.1. The van der Waals surface area contributed by atoms with Crippen molar-refractivity contribution in [2.75, 3.05) is 18.7 Å². The van der Waals surface area contributed by atoms with E-state index in [0.717, 1.165) is 0 Å². The average molecular weight is 563 g/mol. The molecule has 32 heavy (non-hydrogen) atoms. The van der Waals surface area contributed by atoms with Crippen LogP contribution in [0.25, 0.3) is 0 Å². The molecule has 0 bridgehead atoms. The number of hydrogen-bond acceptors (Lipinski definition) is 8. The molecular weight excluding hydrogens is 545 g/mol. The zero-order chi connectivity index (χ0) is 23.5. The van der Waals surface area contributed by atoms with Crippen molar-refractivity contribution in [3.05, 3.63) is 62.9 Å². The van der Waals surface area contributed by atoms with Crippen molar-refractivity contribution >= 4 is 43.9 Å². The van der Waals surface area contributed by atoms with Gasteiger partial charge < -0.3 is 14.8 Å². The standard InChI is InChI=1S/C21H18IN5O4S/c1-12-18(20(28)25-14-5-4-6-15(10-14)32(3,24)29)21(27-26-19(12)22)31-16-8-7-13(11-23)9-17(16)30-2/h4-10,24H,1-3H3,(H,25,28). The highest BCUT2D eigenvalue weighted by Gasteiger charge is 2.22. The van der Waals surface area contributed by atoms with E-state index in [-0.39, 0.29) is 17.2 Å². The van der Waals surface area contributed by atoms with Crippen molar-refractivity contribution in [1.29, 1.82) is 10.0 Å². The number of hydrogen-bond donors (Lipinski definition) is 2. The molecule has 0 aliphatic carbocycles. The number of amides is 1. The summed E-state index contributed by atoms with van der Waals surface area (Å²) in [5.74, 6) is 0.00802. The second-order valence-electron chi connectivity index (χ2n) is 6.70. The molecule has 0 fully saturated rings. The minimum Gasteiger partial charge on any atom is -0.493 e. The van der Waals surface area contributed by atoms with Gasteiger partial charge in [-0.1, -0.05) is 6.07 Å². The van der Waals surface area contributed by atoms with E-state index in [1.165, 1.54) is 25.5 Å². The number of nitrogens with zero attached hydrogens (tertiary/aromatic N) is 3. The first-order valence-corrected chi connectivity index (χ1v) is 12.1. The largest absolute Gasteiger partial charge is 0.493 e. The molecule has 164 valence electrons. The van der Waals surface area contributed by atoms with Crippen LogP contribution in [0.1, 0.15) is 21.5 Å². The molecule has 2 N–H and O–H groups in total. The molecular formula is C21H18IN5O4S. The van der Waals surface area contributed by atoms with E-state index in [9.17, 15) is 9.00 Å². The topological polar surface area (TPSA) is 138 Å². The number of aromatic nitrogens is 2.